The van der Waals surface area contributed by atoms with Crippen molar-refractivity contribution in [2.75, 3.05) is 12.4 Å². The van der Waals surface area contributed by atoms with Crippen LogP contribution in [0.2, 0.25) is 0 Å². The van der Waals surface area contributed by atoms with Gasteiger partial charge in [-0.2, -0.15) is 0 Å². The van der Waals surface area contributed by atoms with Crippen molar-refractivity contribution in [3.63, 3.8) is 0 Å². The van der Waals surface area contributed by atoms with Crippen LogP contribution < -0.4 is 10.6 Å². The van der Waals surface area contributed by atoms with E-state index in [0.717, 1.165) is 11.1 Å². The summed E-state index contributed by atoms with van der Waals surface area (Å²) in [5.41, 5.74) is 2.74. The first-order chi connectivity index (χ1) is 12.4. The molecule has 0 saturated carbocycles. The van der Waals surface area contributed by atoms with Crippen LogP contribution in [-0.4, -0.2) is 24.0 Å². The highest BCUT2D eigenvalue weighted by Crippen LogP contribution is 2.23. The van der Waals surface area contributed by atoms with Gasteiger partial charge in [0.15, 0.2) is 0 Å². The molecular formula is C19H23N3O4. The first kappa shape index (κ1) is 19.4. The molecule has 0 aliphatic rings. The molecule has 0 radical (unpaired) electrons. The van der Waals surface area contributed by atoms with Gasteiger partial charge >= 0.3 is 0 Å². The average molecular weight is 357 g/mol. The zero-order valence-electron chi connectivity index (χ0n) is 15.1. The second-order valence-corrected chi connectivity index (χ2v) is 6.10. The van der Waals surface area contributed by atoms with Gasteiger partial charge in [-0.25, -0.2) is 0 Å². The molecule has 138 valence electrons. The molecule has 7 heteroatoms. The van der Waals surface area contributed by atoms with Crippen LogP contribution in [-0.2, 0) is 17.9 Å². The van der Waals surface area contributed by atoms with Crippen LogP contribution in [0.15, 0.2) is 42.5 Å². The number of hydrogen-bond acceptors (Lipinski definition) is 5. The molecule has 0 unspecified atom stereocenters. The molecule has 2 aromatic carbocycles. The Balaban J connectivity index is 2.15. The molecule has 2 N–H and O–H groups in total. The largest absolute Gasteiger partial charge is 0.380 e. The number of nitrogens with zero attached hydrogens (tertiary/aromatic N) is 1. The van der Waals surface area contributed by atoms with E-state index in [0.29, 0.717) is 18.8 Å². The number of nitro benzene ring substituents is 1. The highest BCUT2D eigenvalue weighted by atomic mass is 16.6. The molecule has 0 aliphatic heterocycles. The maximum absolute atomic E-state index is 12.0. The van der Waals surface area contributed by atoms with Crippen molar-refractivity contribution >= 4 is 17.3 Å². The van der Waals surface area contributed by atoms with Gasteiger partial charge < -0.3 is 15.4 Å². The second kappa shape index (κ2) is 8.96. The summed E-state index contributed by atoms with van der Waals surface area (Å²) in [5.74, 6) is -0.379. The molecule has 2 aromatic rings. The lowest BCUT2D eigenvalue weighted by atomic mass is 10.1. The number of ether oxygens (including phenoxy) is 1. The van der Waals surface area contributed by atoms with Crippen molar-refractivity contribution in [2.45, 2.75) is 33.1 Å². The predicted octanol–water partition coefficient (Wildman–Crippen LogP) is 3.49. The lowest BCUT2D eigenvalue weighted by Crippen LogP contribution is -2.20. The summed E-state index contributed by atoms with van der Waals surface area (Å²) in [4.78, 5) is 22.5. The predicted molar refractivity (Wildman–Crippen MR) is 100 cm³/mol. The van der Waals surface area contributed by atoms with Crippen molar-refractivity contribution in [1.29, 1.82) is 0 Å². The number of nitrogens with one attached hydrogen (secondary N) is 2. The molecule has 0 atom stereocenters. The van der Waals surface area contributed by atoms with Crippen LogP contribution in [0.3, 0.4) is 0 Å². The lowest BCUT2D eigenvalue weighted by Gasteiger charge is -2.12. The normalized spacial score (nSPS) is 10.6. The molecule has 0 fully saturated rings. The molecule has 0 aliphatic carbocycles. The fourth-order valence-corrected chi connectivity index (χ4v) is 2.41. The zero-order valence-corrected chi connectivity index (χ0v) is 15.1. The van der Waals surface area contributed by atoms with Crippen LogP contribution in [0.5, 0.6) is 0 Å². The molecule has 0 spiro atoms. The standard InChI is InChI=1S/C19H23N3O4/c1-13(2)26-12-15-6-4-5-14(9-15)11-21-18-8-7-16(22(24)25)10-17(18)19(23)20-3/h4-10,13,21H,11-12H2,1-3H3,(H,20,23). The number of benzene rings is 2. The highest BCUT2D eigenvalue weighted by molar-refractivity contribution is 6.00. The van der Waals surface area contributed by atoms with E-state index in [2.05, 4.69) is 10.6 Å². The van der Waals surface area contributed by atoms with E-state index in [1.165, 1.54) is 19.2 Å². The van der Waals surface area contributed by atoms with E-state index in [9.17, 15) is 14.9 Å². The molecular weight excluding hydrogens is 334 g/mol. The second-order valence-electron chi connectivity index (χ2n) is 6.10. The third-order valence-electron chi connectivity index (χ3n) is 3.74. The maximum Gasteiger partial charge on any atom is 0.270 e. The summed E-state index contributed by atoms with van der Waals surface area (Å²) in [6, 6.07) is 12.1. The minimum Gasteiger partial charge on any atom is -0.380 e. The van der Waals surface area contributed by atoms with Gasteiger partial charge in [0.1, 0.15) is 0 Å². The summed E-state index contributed by atoms with van der Waals surface area (Å²) < 4.78 is 5.61. The summed E-state index contributed by atoms with van der Waals surface area (Å²) in [5, 5.41) is 16.6. The SMILES string of the molecule is CNC(=O)c1cc([N+](=O)[O-])ccc1NCc1cccc(COC(C)C)c1. The van der Waals surface area contributed by atoms with Gasteiger partial charge in [-0.05, 0) is 31.0 Å². The highest BCUT2D eigenvalue weighted by Gasteiger charge is 2.15. The number of carbonyl (C=O) groups is 1. The Morgan fingerprint density at radius 1 is 1.19 bits per heavy atom. The van der Waals surface area contributed by atoms with Crippen molar-refractivity contribution < 1.29 is 14.5 Å². The third-order valence-corrected chi connectivity index (χ3v) is 3.74. The Hall–Kier alpha value is -2.93. The van der Waals surface area contributed by atoms with E-state index in [1.807, 2.05) is 38.1 Å². The molecule has 0 bridgehead atoms. The number of carbonyl (C=O) groups excluding carboxylic acids is 1. The monoisotopic (exact) mass is 357 g/mol. The number of non-ortho nitro benzene ring substituents is 1. The number of hydrogen-bond donors (Lipinski definition) is 2. The zero-order chi connectivity index (χ0) is 19.1. The molecule has 0 aromatic heterocycles. The summed E-state index contributed by atoms with van der Waals surface area (Å²) in [6.45, 7) is 4.99. The van der Waals surface area contributed by atoms with Gasteiger partial charge in [0, 0.05) is 31.4 Å². The van der Waals surface area contributed by atoms with Crippen LogP contribution in [0.1, 0.15) is 35.3 Å². The first-order valence-electron chi connectivity index (χ1n) is 8.34. The number of nitro groups is 1. The van der Waals surface area contributed by atoms with Gasteiger partial charge in [0.05, 0.1) is 23.2 Å². The van der Waals surface area contributed by atoms with Gasteiger partial charge in [-0.1, -0.05) is 24.3 Å². The first-order valence-corrected chi connectivity index (χ1v) is 8.34. The van der Waals surface area contributed by atoms with E-state index in [-0.39, 0.29) is 23.3 Å². The van der Waals surface area contributed by atoms with E-state index < -0.39 is 4.92 Å². The Labute approximate surface area is 152 Å². The van der Waals surface area contributed by atoms with Gasteiger partial charge in [0.2, 0.25) is 0 Å². The maximum atomic E-state index is 12.0. The Morgan fingerprint density at radius 2 is 1.92 bits per heavy atom. The van der Waals surface area contributed by atoms with Gasteiger partial charge in [-0.15, -0.1) is 0 Å². The topological polar surface area (TPSA) is 93.5 Å². The van der Waals surface area contributed by atoms with E-state index >= 15 is 0 Å². The van der Waals surface area contributed by atoms with Crippen molar-refractivity contribution in [3.05, 3.63) is 69.3 Å². The fraction of sp³-hybridized carbons (Fsp3) is 0.316. The Morgan fingerprint density at radius 3 is 2.58 bits per heavy atom. The van der Waals surface area contributed by atoms with Crippen molar-refractivity contribution in [3.8, 4) is 0 Å². The third kappa shape index (κ3) is 5.29. The summed E-state index contributed by atoms with van der Waals surface area (Å²) >= 11 is 0. The smallest absolute Gasteiger partial charge is 0.270 e. The fourth-order valence-electron chi connectivity index (χ4n) is 2.41. The van der Waals surface area contributed by atoms with Crippen LogP contribution in [0.4, 0.5) is 11.4 Å². The molecule has 0 saturated heterocycles. The van der Waals surface area contributed by atoms with Crippen LogP contribution in [0.25, 0.3) is 0 Å². The molecule has 26 heavy (non-hydrogen) atoms. The average Bonchev–Trinajstić information content (AvgIpc) is 2.64. The molecule has 0 heterocycles. The lowest BCUT2D eigenvalue weighted by molar-refractivity contribution is -0.384. The van der Waals surface area contributed by atoms with Crippen LogP contribution >= 0.6 is 0 Å². The van der Waals surface area contributed by atoms with Gasteiger partial charge in [-0.3, -0.25) is 14.9 Å². The minimum atomic E-state index is -0.519. The summed E-state index contributed by atoms with van der Waals surface area (Å²) in [7, 11) is 1.49. The number of amides is 1. The molecule has 2 rings (SSSR count). The van der Waals surface area contributed by atoms with Crippen molar-refractivity contribution in [1.82, 2.24) is 5.32 Å². The van der Waals surface area contributed by atoms with Gasteiger partial charge in [0.25, 0.3) is 11.6 Å². The molecule has 1 amide bonds. The Bertz CT molecular complexity index is 790. The van der Waals surface area contributed by atoms with Crippen molar-refractivity contribution in [2.24, 2.45) is 0 Å². The van der Waals surface area contributed by atoms with E-state index in [1.54, 1.807) is 6.07 Å². The number of rotatable bonds is 8. The summed E-state index contributed by atoms with van der Waals surface area (Å²) in [6.07, 6.45) is 0.159. The Kier molecular flexibility index (Phi) is 6.68. The minimum absolute atomic E-state index is 0.123. The van der Waals surface area contributed by atoms with Crippen LogP contribution in [0, 0.1) is 10.1 Å². The van der Waals surface area contributed by atoms with E-state index in [4.69, 9.17) is 4.74 Å². The molecule has 7 nitrogen and oxygen atoms in total. The quantitative estimate of drug-likeness (QED) is 0.557. The number of anilines is 1.